The van der Waals surface area contributed by atoms with E-state index in [0.29, 0.717) is 0 Å². The summed E-state index contributed by atoms with van der Waals surface area (Å²) in [6, 6.07) is 71.7. The van der Waals surface area contributed by atoms with Gasteiger partial charge in [0, 0.05) is 27.8 Å². The minimum atomic E-state index is 0.887. The summed E-state index contributed by atoms with van der Waals surface area (Å²) in [5.74, 6) is 0. The summed E-state index contributed by atoms with van der Waals surface area (Å²) < 4.78 is 6.58. The van der Waals surface area contributed by atoms with Crippen molar-refractivity contribution in [3.63, 3.8) is 0 Å². The first-order valence-corrected chi connectivity index (χ1v) is 17.8. The first-order valence-electron chi connectivity index (χ1n) is 17.8. The Kier molecular flexibility index (Phi) is 7.18. The molecule has 0 aliphatic heterocycles. The second-order valence-corrected chi connectivity index (χ2v) is 13.3. The van der Waals surface area contributed by atoms with E-state index in [1.165, 1.54) is 38.4 Å². The lowest BCUT2D eigenvalue weighted by Gasteiger charge is -2.27. The van der Waals surface area contributed by atoms with E-state index in [0.717, 1.165) is 55.5 Å². The Morgan fingerprint density at radius 1 is 0.308 bits per heavy atom. The molecule has 0 spiro atoms. The molecule has 0 unspecified atom stereocenters. The Labute approximate surface area is 302 Å². The van der Waals surface area contributed by atoms with Crippen LogP contribution in [0.1, 0.15) is 0 Å². The molecule has 1 aromatic heterocycles. The summed E-state index contributed by atoms with van der Waals surface area (Å²) in [6.45, 7) is 0. The fraction of sp³-hybridized carbons (Fsp3) is 0. The number of fused-ring (bicyclic) bond motifs is 6. The predicted molar refractivity (Wildman–Crippen MR) is 220 cm³/mol. The molecule has 0 fully saturated rings. The topological polar surface area (TPSA) is 16.4 Å². The van der Waals surface area contributed by atoms with E-state index < -0.39 is 0 Å². The Hall–Kier alpha value is -6.90. The van der Waals surface area contributed by atoms with Gasteiger partial charge in [0.05, 0.1) is 0 Å². The van der Waals surface area contributed by atoms with Crippen molar-refractivity contribution in [1.82, 2.24) is 0 Å². The average Bonchev–Trinajstić information content (AvgIpc) is 3.60. The molecular formula is C50H33NO. The zero-order valence-corrected chi connectivity index (χ0v) is 28.4. The van der Waals surface area contributed by atoms with Crippen LogP contribution < -0.4 is 4.90 Å². The molecule has 0 saturated carbocycles. The van der Waals surface area contributed by atoms with Gasteiger partial charge in [-0.1, -0.05) is 152 Å². The predicted octanol–water partition coefficient (Wildman–Crippen LogP) is 14.4. The largest absolute Gasteiger partial charge is 0.456 e. The molecule has 2 heteroatoms. The van der Waals surface area contributed by atoms with E-state index in [2.05, 4.69) is 199 Å². The van der Waals surface area contributed by atoms with Gasteiger partial charge in [0.1, 0.15) is 11.2 Å². The molecule has 9 aromatic carbocycles. The molecule has 2 nitrogen and oxygen atoms in total. The molecule has 1 heterocycles. The van der Waals surface area contributed by atoms with Crippen molar-refractivity contribution >= 4 is 60.5 Å². The zero-order chi connectivity index (χ0) is 34.4. The maximum absolute atomic E-state index is 6.58. The number of anilines is 3. The van der Waals surface area contributed by atoms with E-state index in [1.54, 1.807) is 0 Å². The molecule has 0 amide bonds. The number of hydrogen-bond acceptors (Lipinski definition) is 2. The van der Waals surface area contributed by atoms with Gasteiger partial charge in [-0.05, 0) is 103 Å². The highest BCUT2D eigenvalue weighted by molar-refractivity contribution is 6.22. The molecule has 0 radical (unpaired) electrons. The number of rotatable bonds is 6. The van der Waals surface area contributed by atoms with Crippen LogP contribution in [0.2, 0.25) is 0 Å². The highest BCUT2D eigenvalue weighted by atomic mass is 16.3. The molecule has 0 bridgehead atoms. The van der Waals surface area contributed by atoms with E-state index >= 15 is 0 Å². The summed E-state index contributed by atoms with van der Waals surface area (Å²) in [6.07, 6.45) is 0. The number of hydrogen-bond donors (Lipinski definition) is 0. The van der Waals surface area contributed by atoms with Crippen LogP contribution in [-0.2, 0) is 0 Å². The van der Waals surface area contributed by atoms with Crippen LogP contribution in [0.5, 0.6) is 0 Å². The van der Waals surface area contributed by atoms with Gasteiger partial charge < -0.3 is 9.32 Å². The van der Waals surface area contributed by atoms with Crippen LogP contribution >= 0.6 is 0 Å². The summed E-state index contributed by atoms with van der Waals surface area (Å²) in [5.41, 5.74) is 12.2. The highest BCUT2D eigenvalue weighted by Gasteiger charge is 2.19. The van der Waals surface area contributed by atoms with Gasteiger partial charge in [-0.2, -0.15) is 0 Å². The van der Waals surface area contributed by atoms with Crippen molar-refractivity contribution in [3.8, 4) is 33.4 Å². The minimum Gasteiger partial charge on any atom is -0.456 e. The average molecular weight is 664 g/mol. The van der Waals surface area contributed by atoms with E-state index in [1.807, 2.05) is 6.07 Å². The molecule has 0 N–H and O–H groups in total. The van der Waals surface area contributed by atoms with Gasteiger partial charge in [0.25, 0.3) is 0 Å². The van der Waals surface area contributed by atoms with E-state index in [-0.39, 0.29) is 0 Å². The third-order valence-corrected chi connectivity index (χ3v) is 10.2. The summed E-state index contributed by atoms with van der Waals surface area (Å²) in [5, 5.41) is 7.03. The Morgan fingerprint density at radius 2 is 0.846 bits per heavy atom. The van der Waals surface area contributed by atoms with Crippen LogP contribution in [-0.4, -0.2) is 0 Å². The Balaban J connectivity index is 1.18. The summed E-state index contributed by atoms with van der Waals surface area (Å²) in [4.78, 5) is 2.37. The van der Waals surface area contributed by atoms with Gasteiger partial charge in [0.2, 0.25) is 0 Å². The number of nitrogens with zero attached hydrogens (tertiary/aromatic N) is 1. The molecule has 0 aliphatic rings. The second kappa shape index (κ2) is 12.5. The van der Waals surface area contributed by atoms with Crippen molar-refractivity contribution in [2.24, 2.45) is 0 Å². The summed E-state index contributed by atoms with van der Waals surface area (Å²) >= 11 is 0. The van der Waals surface area contributed by atoms with Crippen LogP contribution in [0.3, 0.4) is 0 Å². The van der Waals surface area contributed by atoms with E-state index in [9.17, 15) is 0 Å². The van der Waals surface area contributed by atoms with E-state index in [4.69, 9.17) is 4.42 Å². The van der Waals surface area contributed by atoms with Gasteiger partial charge >= 0.3 is 0 Å². The normalized spacial score (nSPS) is 11.5. The molecular weight excluding hydrogens is 631 g/mol. The smallest absolute Gasteiger partial charge is 0.136 e. The Morgan fingerprint density at radius 3 is 1.58 bits per heavy atom. The van der Waals surface area contributed by atoms with Crippen LogP contribution in [0.4, 0.5) is 17.1 Å². The maximum Gasteiger partial charge on any atom is 0.136 e. The molecule has 10 aromatic rings. The highest BCUT2D eigenvalue weighted by Crippen LogP contribution is 2.44. The minimum absolute atomic E-state index is 0.887. The molecule has 0 atom stereocenters. The zero-order valence-electron chi connectivity index (χ0n) is 28.4. The molecule has 0 saturated heterocycles. The van der Waals surface area contributed by atoms with Crippen molar-refractivity contribution in [3.05, 3.63) is 200 Å². The van der Waals surface area contributed by atoms with Crippen LogP contribution in [0, 0.1) is 0 Å². The van der Waals surface area contributed by atoms with Crippen LogP contribution in [0.25, 0.3) is 76.9 Å². The third-order valence-electron chi connectivity index (χ3n) is 10.2. The molecule has 244 valence electrons. The summed E-state index contributed by atoms with van der Waals surface area (Å²) in [7, 11) is 0. The third kappa shape index (κ3) is 5.21. The monoisotopic (exact) mass is 663 g/mol. The van der Waals surface area contributed by atoms with Crippen LogP contribution in [0.15, 0.2) is 205 Å². The maximum atomic E-state index is 6.58. The quantitative estimate of drug-likeness (QED) is 0.176. The SMILES string of the molecule is c1ccc(-c2ccc(-c3cc4oc5ccccc5c4c4cc(N(c5ccc(-c6ccccc6)cc5)c5ccc6ccccc6c5)ccc34)cc2)cc1. The van der Waals surface area contributed by atoms with Gasteiger partial charge in [-0.25, -0.2) is 0 Å². The standard InChI is InChI=1S/C50H33NO/c1-3-11-34(12-4-1)37-19-21-39(22-20-37)46-33-49-50(45-17-9-10-18-48(45)52-49)47-32-43(29-30-44(46)47)51(42-28-25-36-15-7-8-16-40(36)31-42)41-26-23-38(24-27-41)35-13-5-2-6-14-35/h1-33H. The van der Waals surface area contributed by atoms with Crippen molar-refractivity contribution in [2.45, 2.75) is 0 Å². The fourth-order valence-corrected chi connectivity index (χ4v) is 7.67. The van der Waals surface area contributed by atoms with Gasteiger partial charge in [0.15, 0.2) is 0 Å². The molecule has 0 aliphatic carbocycles. The fourth-order valence-electron chi connectivity index (χ4n) is 7.67. The van der Waals surface area contributed by atoms with Gasteiger partial charge in [-0.15, -0.1) is 0 Å². The second-order valence-electron chi connectivity index (χ2n) is 13.3. The molecule has 10 rings (SSSR count). The first kappa shape index (κ1) is 30.0. The van der Waals surface area contributed by atoms with Crippen molar-refractivity contribution < 1.29 is 4.42 Å². The lowest BCUT2D eigenvalue weighted by Crippen LogP contribution is -2.10. The van der Waals surface area contributed by atoms with Gasteiger partial charge in [-0.3, -0.25) is 0 Å². The van der Waals surface area contributed by atoms with Crippen molar-refractivity contribution in [1.29, 1.82) is 0 Å². The molecule has 52 heavy (non-hydrogen) atoms. The lowest BCUT2D eigenvalue weighted by atomic mass is 9.93. The first-order chi connectivity index (χ1) is 25.8. The Bertz CT molecular complexity index is 2870. The number of para-hydroxylation sites is 1. The number of benzene rings is 9. The van der Waals surface area contributed by atoms with Crippen molar-refractivity contribution in [2.75, 3.05) is 4.90 Å². The lowest BCUT2D eigenvalue weighted by molar-refractivity contribution is 0.669. The number of furan rings is 1.